The molecule has 0 aliphatic carbocycles. The Morgan fingerprint density at radius 2 is 1.95 bits per heavy atom. The van der Waals surface area contributed by atoms with Crippen LogP contribution in [0.5, 0.6) is 0 Å². The second-order valence-electron chi connectivity index (χ2n) is 4.83. The average Bonchev–Trinajstić information content (AvgIpc) is 2.47. The number of benzene rings is 1. The first-order chi connectivity index (χ1) is 9.67. The van der Waals surface area contributed by atoms with Crippen LogP contribution in [-0.2, 0) is 16.0 Å². The van der Waals surface area contributed by atoms with Crippen LogP contribution in [0.2, 0.25) is 0 Å². The zero-order chi connectivity index (χ0) is 14.8. The summed E-state index contributed by atoms with van der Waals surface area (Å²) in [7, 11) is 0. The number of amides is 1. The number of hydrogen-bond acceptors (Lipinski definition) is 4. The van der Waals surface area contributed by atoms with Crippen molar-refractivity contribution >= 4 is 12.2 Å². The van der Waals surface area contributed by atoms with Crippen molar-refractivity contribution in [2.75, 3.05) is 6.54 Å². The number of nitrogens with two attached hydrogens (primary N) is 2. The molecule has 1 aromatic rings. The molecule has 20 heavy (non-hydrogen) atoms. The maximum Gasteiger partial charge on any atom is 0.237 e. The lowest BCUT2D eigenvalue weighted by Gasteiger charge is -2.16. The van der Waals surface area contributed by atoms with E-state index in [1.807, 2.05) is 30.3 Å². The Morgan fingerprint density at radius 1 is 1.25 bits per heavy atom. The van der Waals surface area contributed by atoms with Gasteiger partial charge >= 0.3 is 0 Å². The van der Waals surface area contributed by atoms with Gasteiger partial charge in [-0.05, 0) is 37.8 Å². The van der Waals surface area contributed by atoms with Gasteiger partial charge in [0.25, 0.3) is 0 Å². The van der Waals surface area contributed by atoms with Gasteiger partial charge in [0.1, 0.15) is 6.29 Å². The van der Waals surface area contributed by atoms with Gasteiger partial charge < -0.3 is 21.6 Å². The summed E-state index contributed by atoms with van der Waals surface area (Å²) in [6, 6.07) is 8.44. The van der Waals surface area contributed by atoms with Crippen LogP contribution in [0.3, 0.4) is 0 Å². The Hall–Kier alpha value is -1.72. The Bertz CT molecular complexity index is 409. The van der Waals surface area contributed by atoms with Crippen LogP contribution in [-0.4, -0.2) is 30.8 Å². The van der Waals surface area contributed by atoms with Crippen molar-refractivity contribution in [3.63, 3.8) is 0 Å². The zero-order valence-corrected chi connectivity index (χ0v) is 11.6. The molecule has 0 saturated carbocycles. The molecule has 0 spiro atoms. The third-order valence-corrected chi connectivity index (χ3v) is 3.10. The summed E-state index contributed by atoms with van der Waals surface area (Å²) in [5.74, 6) is -0.293. The van der Waals surface area contributed by atoms with Crippen molar-refractivity contribution in [1.29, 1.82) is 0 Å². The maximum atomic E-state index is 11.9. The Morgan fingerprint density at radius 3 is 2.55 bits per heavy atom. The molecule has 0 radical (unpaired) electrons. The number of nitrogens with one attached hydrogen (secondary N) is 1. The quantitative estimate of drug-likeness (QED) is 0.448. The van der Waals surface area contributed by atoms with E-state index in [0.717, 1.165) is 24.7 Å². The van der Waals surface area contributed by atoms with Crippen molar-refractivity contribution in [3.8, 4) is 0 Å². The van der Waals surface area contributed by atoms with Crippen molar-refractivity contribution in [2.45, 2.75) is 37.8 Å². The summed E-state index contributed by atoms with van der Waals surface area (Å²) < 4.78 is 0. The van der Waals surface area contributed by atoms with E-state index < -0.39 is 12.1 Å². The predicted octanol–water partition coefficient (Wildman–Crippen LogP) is 0.369. The Kier molecular flexibility index (Phi) is 7.54. The number of hydrogen-bond donors (Lipinski definition) is 3. The third kappa shape index (κ3) is 5.95. The highest BCUT2D eigenvalue weighted by atomic mass is 16.2. The van der Waals surface area contributed by atoms with E-state index in [1.54, 1.807) is 0 Å². The lowest BCUT2D eigenvalue weighted by atomic mass is 10.1. The minimum absolute atomic E-state index is 0.293. The van der Waals surface area contributed by atoms with Gasteiger partial charge in [0.05, 0.1) is 12.1 Å². The molecule has 5 heteroatoms. The first-order valence-electron chi connectivity index (χ1n) is 6.92. The summed E-state index contributed by atoms with van der Waals surface area (Å²) >= 11 is 0. The van der Waals surface area contributed by atoms with Crippen molar-refractivity contribution in [3.05, 3.63) is 35.9 Å². The van der Waals surface area contributed by atoms with Crippen LogP contribution in [0.25, 0.3) is 0 Å². The fourth-order valence-corrected chi connectivity index (χ4v) is 1.93. The van der Waals surface area contributed by atoms with Crippen LogP contribution in [0.1, 0.15) is 24.8 Å². The number of unbranched alkanes of at least 4 members (excludes halogenated alkanes) is 1. The second kappa shape index (κ2) is 9.23. The second-order valence-corrected chi connectivity index (χ2v) is 4.83. The Labute approximate surface area is 119 Å². The van der Waals surface area contributed by atoms with E-state index in [-0.39, 0.29) is 5.91 Å². The van der Waals surface area contributed by atoms with Gasteiger partial charge in [0, 0.05) is 0 Å². The molecular weight excluding hydrogens is 254 g/mol. The maximum absolute atomic E-state index is 11.9. The van der Waals surface area contributed by atoms with Crippen LogP contribution < -0.4 is 16.8 Å². The molecule has 0 aromatic heterocycles. The van der Waals surface area contributed by atoms with Gasteiger partial charge in [-0.15, -0.1) is 0 Å². The highest BCUT2D eigenvalue weighted by molar-refractivity contribution is 5.84. The molecule has 1 aromatic carbocycles. The fraction of sp³-hybridized carbons (Fsp3) is 0.467. The van der Waals surface area contributed by atoms with Crippen LogP contribution >= 0.6 is 0 Å². The smallest absolute Gasteiger partial charge is 0.237 e. The van der Waals surface area contributed by atoms with E-state index in [0.29, 0.717) is 19.4 Å². The van der Waals surface area contributed by atoms with Crippen LogP contribution in [0.4, 0.5) is 0 Å². The normalized spacial score (nSPS) is 13.5. The van der Waals surface area contributed by atoms with E-state index >= 15 is 0 Å². The van der Waals surface area contributed by atoms with Gasteiger partial charge in [-0.1, -0.05) is 30.3 Å². The first kappa shape index (κ1) is 16.3. The van der Waals surface area contributed by atoms with Gasteiger partial charge in [-0.2, -0.15) is 0 Å². The summed E-state index contributed by atoms with van der Waals surface area (Å²) in [6.45, 7) is 0.590. The van der Waals surface area contributed by atoms with Gasteiger partial charge in [-0.3, -0.25) is 4.79 Å². The predicted molar refractivity (Wildman–Crippen MR) is 79.0 cm³/mol. The van der Waals surface area contributed by atoms with Crippen molar-refractivity contribution in [1.82, 2.24) is 5.32 Å². The topological polar surface area (TPSA) is 98.2 Å². The minimum atomic E-state index is -0.644. The largest absolute Gasteiger partial charge is 0.345 e. The first-order valence-corrected chi connectivity index (χ1v) is 6.92. The molecule has 2 atom stereocenters. The number of carbonyl (C=O) groups is 2. The third-order valence-electron chi connectivity index (χ3n) is 3.10. The van der Waals surface area contributed by atoms with Gasteiger partial charge in [-0.25, -0.2) is 0 Å². The van der Waals surface area contributed by atoms with E-state index in [2.05, 4.69) is 5.32 Å². The molecule has 1 amide bonds. The van der Waals surface area contributed by atoms with Crippen LogP contribution in [0.15, 0.2) is 30.3 Å². The Balaban J connectivity index is 2.41. The molecule has 5 N–H and O–H groups in total. The molecule has 1 rings (SSSR count). The number of aldehydes is 1. The summed E-state index contributed by atoms with van der Waals surface area (Å²) in [5, 5.41) is 2.67. The molecular formula is C15H23N3O2. The molecule has 0 aliphatic heterocycles. The standard InChI is InChI=1S/C15H23N3O2/c16-9-5-4-8-13(11-19)18-15(20)14(17)10-12-6-2-1-3-7-12/h1-3,6-7,11,13-14H,4-5,8-10,16-17H2,(H,18,20)/t13-,14+/m1/s1. The lowest BCUT2D eigenvalue weighted by Crippen LogP contribution is -2.47. The average molecular weight is 277 g/mol. The van der Waals surface area contributed by atoms with Crippen molar-refractivity contribution < 1.29 is 9.59 Å². The van der Waals surface area contributed by atoms with E-state index in [4.69, 9.17) is 11.5 Å². The SMILES string of the molecule is NCCCC[C@H](C=O)NC(=O)[C@@H](N)Cc1ccccc1. The van der Waals surface area contributed by atoms with Gasteiger partial charge in [0.2, 0.25) is 5.91 Å². The molecule has 5 nitrogen and oxygen atoms in total. The zero-order valence-electron chi connectivity index (χ0n) is 11.6. The molecule has 0 unspecified atom stereocenters. The van der Waals surface area contributed by atoms with Gasteiger partial charge in [0.15, 0.2) is 0 Å². The highest BCUT2D eigenvalue weighted by Crippen LogP contribution is 2.03. The highest BCUT2D eigenvalue weighted by Gasteiger charge is 2.17. The number of carbonyl (C=O) groups excluding carboxylic acids is 2. The molecule has 0 saturated heterocycles. The molecule has 0 heterocycles. The molecule has 0 fully saturated rings. The van der Waals surface area contributed by atoms with E-state index in [1.165, 1.54) is 0 Å². The fourth-order valence-electron chi connectivity index (χ4n) is 1.93. The van der Waals surface area contributed by atoms with E-state index in [9.17, 15) is 9.59 Å². The van der Waals surface area contributed by atoms with Crippen molar-refractivity contribution in [2.24, 2.45) is 11.5 Å². The molecule has 110 valence electrons. The molecule has 0 bridgehead atoms. The summed E-state index contributed by atoms with van der Waals surface area (Å²) in [6.07, 6.45) is 3.47. The number of rotatable bonds is 9. The summed E-state index contributed by atoms with van der Waals surface area (Å²) in [5.41, 5.74) is 12.3. The molecule has 0 aliphatic rings. The summed E-state index contributed by atoms with van der Waals surface area (Å²) in [4.78, 5) is 22.9. The van der Waals surface area contributed by atoms with Crippen LogP contribution in [0, 0.1) is 0 Å². The lowest BCUT2D eigenvalue weighted by molar-refractivity contribution is -0.125. The minimum Gasteiger partial charge on any atom is -0.345 e. The monoisotopic (exact) mass is 277 g/mol.